The normalized spacial score (nSPS) is 23.2. The number of halogens is 2. The van der Waals surface area contributed by atoms with Crippen LogP contribution in [-0.2, 0) is 0 Å². The first kappa shape index (κ1) is 17.5. The van der Waals surface area contributed by atoms with Gasteiger partial charge in [0.25, 0.3) is 5.91 Å². The van der Waals surface area contributed by atoms with E-state index >= 15 is 0 Å². The van der Waals surface area contributed by atoms with E-state index in [1.54, 1.807) is 18.5 Å². The number of hydrogen-bond acceptors (Lipinski definition) is 3. The van der Waals surface area contributed by atoms with Gasteiger partial charge in [0.1, 0.15) is 5.65 Å². The highest BCUT2D eigenvalue weighted by molar-refractivity contribution is 6.31. The first-order valence-electron chi connectivity index (χ1n) is 8.29. The first-order chi connectivity index (χ1) is 11.1. The monoisotopic (exact) mass is 368 g/mol. The Labute approximate surface area is 152 Å². The van der Waals surface area contributed by atoms with Crippen LogP contribution in [-0.4, -0.2) is 45.9 Å². The predicted octanol–water partition coefficient (Wildman–Crippen LogP) is 2.93. The van der Waals surface area contributed by atoms with Gasteiger partial charge in [-0.15, -0.1) is 12.4 Å². The SMILES string of the molecule is Cc1cnc2c(C(=O)NC[C@@H]3CCN4CCC[C@@H]34)cc(Cl)cn12.Cl. The van der Waals surface area contributed by atoms with Crippen LogP contribution in [0.5, 0.6) is 0 Å². The molecule has 24 heavy (non-hydrogen) atoms. The van der Waals surface area contributed by atoms with Crippen LogP contribution >= 0.6 is 24.0 Å². The quantitative estimate of drug-likeness (QED) is 0.905. The number of carbonyl (C=O) groups excluding carboxylic acids is 1. The molecule has 0 aromatic carbocycles. The summed E-state index contributed by atoms with van der Waals surface area (Å²) < 4.78 is 1.87. The topological polar surface area (TPSA) is 49.6 Å². The van der Waals surface area contributed by atoms with Crippen molar-refractivity contribution in [2.75, 3.05) is 19.6 Å². The second kappa shape index (κ2) is 6.90. The van der Waals surface area contributed by atoms with Gasteiger partial charge < -0.3 is 14.6 Å². The zero-order valence-electron chi connectivity index (χ0n) is 13.7. The summed E-state index contributed by atoms with van der Waals surface area (Å²) in [5.74, 6) is 0.484. The summed E-state index contributed by atoms with van der Waals surface area (Å²) in [4.78, 5) is 19.5. The van der Waals surface area contributed by atoms with E-state index in [1.807, 2.05) is 11.3 Å². The molecule has 0 unspecified atom stereocenters. The Morgan fingerprint density at radius 1 is 1.42 bits per heavy atom. The Bertz CT molecular complexity index is 760. The number of aromatic nitrogens is 2. The highest BCUT2D eigenvalue weighted by atomic mass is 35.5. The van der Waals surface area contributed by atoms with Crippen LogP contribution in [0.1, 0.15) is 35.3 Å². The van der Waals surface area contributed by atoms with Crippen LogP contribution < -0.4 is 5.32 Å². The van der Waals surface area contributed by atoms with E-state index in [1.165, 1.54) is 32.4 Å². The van der Waals surface area contributed by atoms with Crippen LogP contribution in [0.15, 0.2) is 18.5 Å². The molecule has 0 saturated carbocycles. The van der Waals surface area contributed by atoms with Crippen molar-refractivity contribution in [3.63, 3.8) is 0 Å². The van der Waals surface area contributed by atoms with E-state index in [4.69, 9.17) is 11.6 Å². The molecule has 1 amide bonds. The summed E-state index contributed by atoms with van der Waals surface area (Å²) in [6.45, 7) is 5.08. The fraction of sp³-hybridized carbons (Fsp3) is 0.529. The largest absolute Gasteiger partial charge is 0.352 e. The fourth-order valence-corrected chi connectivity index (χ4v) is 4.29. The number of aryl methyl sites for hydroxylation is 1. The molecule has 2 saturated heterocycles. The lowest BCUT2D eigenvalue weighted by Gasteiger charge is -2.20. The van der Waals surface area contributed by atoms with Crippen LogP contribution in [0.25, 0.3) is 5.65 Å². The Hall–Kier alpha value is -1.30. The Morgan fingerprint density at radius 3 is 3.08 bits per heavy atom. The molecule has 7 heteroatoms. The minimum Gasteiger partial charge on any atom is -0.352 e. The van der Waals surface area contributed by atoms with Gasteiger partial charge in [-0.2, -0.15) is 0 Å². The summed E-state index contributed by atoms with van der Waals surface area (Å²) in [5, 5.41) is 3.65. The minimum absolute atomic E-state index is 0. The van der Waals surface area contributed by atoms with Gasteiger partial charge in [-0.05, 0) is 51.3 Å². The standard InChI is InChI=1S/C17H21ClN4O.ClH/c1-11-8-19-16-14(7-13(18)10-22(11)16)17(23)20-9-12-4-6-21-5-2-3-15(12)21;/h7-8,10,12,15H,2-6,9H2,1H3,(H,20,23);1H/t12-,15-;/m0./s1. The summed E-state index contributed by atoms with van der Waals surface area (Å²) in [5.41, 5.74) is 2.18. The number of carbonyl (C=O) groups is 1. The number of rotatable bonds is 3. The molecule has 5 nitrogen and oxygen atoms in total. The van der Waals surface area contributed by atoms with Gasteiger partial charge in [-0.3, -0.25) is 4.79 Å². The third-order valence-electron chi connectivity index (χ3n) is 5.27. The van der Waals surface area contributed by atoms with E-state index < -0.39 is 0 Å². The van der Waals surface area contributed by atoms with Gasteiger partial charge in [0.15, 0.2) is 0 Å². The summed E-state index contributed by atoms with van der Waals surface area (Å²) in [6, 6.07) is 2.36. The molecule has 4 heterocycles. The molecule has 2 aliphatic rings. The maximum absolute atomic E-state index is 12.6. The maximum atomic E-state index is 12.6. The molecular weight excluding hydrogens is 347 g/mol. The molecule has 0 aliphatic carbocycles. The molecule has 0 spiro atoms. The Morgan fingerprint density at radius 2 is 2.25 bits per heavy atom. The Kier molecular flexibility index (Phi) is 5.04. The number of amides is 1. The van der Waals surface area contributed by atoms with E-state index in [0.29, 0.717) is 28.2 Å². The molecule has 2 atom stereocenters. The predicted molar refractivity (Wildman–Crippen MR) is 97.2 cm³/mol. The lowest BCUT2D eigenvalue weighted by atomic mass is 9.98. The average Bonchev–Trinajstić information content (AvgIpc) is 3.21. The highest BCUT2D eigenvalue weighted by Crippen LogP contribution is 2.32. The molecule has 130 valence electrons. The van der Waals surface area contributed by atoms with Gasteiger partial charge in [-0.25, -0.2) is 4.98 Å². The zero-order valence-corrected chi connectivity index (χ0v) is 15.2. The van der Waals surface area contributed by atoms with Gasteiger partial charge >= 0.3 is 0 Å². The number of imidazole rings is 1. The van der Waals surface area contributed by atoms with Gasteiger partial charge in [0.2, 0.25) is 0 Å². The molecule has 2 aliphatic heterocycles. The molecular formula is C17H22Cl2N4O. The number of nitrogens with zero attached hydrogens (tertiary/aromatic N) is 3. The molecule has 0 radical (unpaired) electrons. The van der Waals surface area contributed by atoms with Crippen LogP contribution in [0, 0.1) is 12.8 Å². The van der Waals surface area contributed by atoms with E-state index in [9.17, 15) is 4.79 Å². The van der Waals surface area contributed by atoms with Gasteiger partial charge in [0.05, 0.1) is 10.6 Å². The second-order valence-corrected chi connectivity index (χ2v) is 7.11. The van der Waals surface area contributed by atoms with Crippen LogP contribution in [0.3, 0.4) is 0 Å². The molecule has 4 rings (SSSR count). The smallest absolute Gasteiger partial charge is 0.255 e. The first-order valence-corrected chi connectivity index (χ1v) is 8.67. The van der Waals surface area contributed by atoms with Crippen molar-refractivity contribution in [2.24, 2.45) is 5.92 Å². The van der Waals surface area contributed by atoms with Crippen molar-refractivity contribution in [1.29, 1.82) is 0 Å². The number of hydrogen-bond donors (Lipinski definition) is 1. The van der Waals surface area contributed by atoms with Crippen molar-refractivity contribution in [2.45, 2.75) is 32.2 Å². The highest BCUT2D eigenvalue weighted by Gasteiger charge is 2.37. The number of pyridine rings is 1. The van der Waals surface area contributed by atoms with Crippen molar-refractivity contribution in [3.8, 4) is 0 Å². The molecule has 1 N–H and O–H groups in total. The third kappa shape index (κ3) is 3.01. The van der Waals surface area contributed by atoms with Gasteiger partial charge in [0, 0.05) is 30.7 Å². The van der Waals surface area contributed by atoms with Crippen LogP contribution in [0.2, 0.25) is 5.02 Å². The lowest BCUT2D eigenvalue weighted by Crippen LogP contribution is -2.35. The molecule has 0 bridgehead atoms. The Balaban J connectivity index is 0.00000169. The van der Waals surface area contributed by atoms with Crippen molar-refractivity contribution in [1.82, 2.24) is 19.6 Å². The average molecular weight is 369 g/mol. The number of fused-ring (bicyclic) bond motifs is 2. The minimum atomic E-state index is -0.0838. The molecule has 2 aromatic rings. The molecule has 2 aromatic heterocycles. The van der Waals surface area contributed by atoms with Crippen molar-refractivity contribution in [3.05, 3.63) is 34.7 Å². The third-order valence-corrected chi connectivity index (χ3v) is 5.48. The zero-order chi connectivity index (χ0) is 16.0. The van der Waals surface area contributed by atoms with E-state index in [2.05, 4.69) is 15.2 Å². The number of nitrogens with one attached hydrogen (secondary N) is 1. The van der Waals surface area contributed by atoms with E-state index in [0.717, 1.165) is 12.2 Å². The van der Waals surface area contributed by atoms with Crippen molar-refractivity contribution >= 4 is 35.6 Å². The van der Waals surface area contributed by atoms with Crippen LogP contribution in [0.4, 0.5) is 0 Å². The maximum Gasteiger partial charge on any atom is 0.255 e. The summed E-state index contributed by atoms with van der Waals surface area (Å²) in [6.07, 6.45) is 7.29. The fourth-order valence-electron chi connectivity index (χ4n) is 4.08. The lowest BCUT2D eigenvalue weighted by molar-refractivity contribution is 0.0945. The van der Waals surface area contributed by atoms with E-state index in [-0.39, 0.29) is 18.3 Å². The summed E-state index contributed by atoms with van der Waals surface area (Å²) in [7, 11) is 0. The summed E-state index contributed by atoms with van der Waals surface area (Å²) >= 11 is 6.16. The second-order valence-electron chi connectivity index (χ2n) is 6.67. The molecule has 2 fully saturated rings. The van der Waals surface area contributed by atoms with Gasteiger partial charge in [-0.1, -0.05) is 11.6 Å². The van der Waals surface area contributed by atoms with Crippen molar-refractivity contribution < 1.29 is 4.79 Å².